The fourth-order valence-corrected chi connectivity index (χ4v) is 1.68. The topological polar surface area (TPSA) is 116 Å². The largest absolute Gasteiger partial charge is 0.467 e. The molecule has 0 radical (unpaired) electrons. The van der Waals surface area contributed by atoms with Gasteiger partial charge in [0.1, 0.15) is 6.20 Å². The molecule has 1 aromatic rings. The van der Waals surface area contributed by atoms with Gasteiger partial charge in [-0.1, -0.05) is 0 Å². The summed E-state index contributed by atoms with van der Waals surface area (Å²) in [5, 5.41) is 13.3. The number of ether oxygens (including phenoxy) is 2. The molecule has 0 bridgehead atoms. The van der Waals surface area contributed by atoms with E-state index in [-0.39, 0.29) is 30.0 Å². The van der Waals surface area contributed by atoms with E-state index in [4.69, 9.17) is 16.3 Å². The van der Waals surface area contributed by atoms with Crippen molar-refractivity contribution in [2.75, 3.05) is 25.6 Å². The van der Waals surface area contributed by atoms with E-state index in [9.17, 15) is 14.9 Å². The van der Waals surface area contributed by atoms with Crippen LogP contribution < -0.4 is 5.32 Å². The molecule has 1 N–H and O–H groups in total. The van der Waals surface area contributed by atoms with E-state index in [0.29, 0.717) is 0 Å². The quantitative estimate of drug-likeness (QED) is 0.366. The molecule has 0 amide bonds. The molecule has 9 nitrogen and oxygen atoms in total. The molecule has 0 atom stereocenters. The van der Waals surface area contributed by atoms with E-state index >= 15 is 0 Å². The fourth-order valence-electron chi connectivity index (χ4n) is 1.55. The number of nitrogens with one attached hydrogen (secondary N) is 1. The molecule has 0 saturated carbocycles. The van der Waals surface area contributed by atoms with Gasteiger partial charge in [0.25, 0.3) is 0 Å². The average Bonchev–Trinajstić information content (AvgIpc) is 2.32. The van der Waals surface area contributed by atoms with Gasteiger partial charge in [-0.15, -0.1) is 0 Å². The van der Waals surface area contributed by atoms with Crippen LogP contribution in [0.3, 0.4) is 0 Å². The molecule has 1 fully saturated rings. The smallest absolute Gasteiger partial charge is 0.336 e. The predicted octanol–water partition coefficient (Wildman–Crippen LogP) is 0.392. The summed E-state index contributed by atoms with van der Waals surface area (Å²) in [6.45, 7) is 0.0525. The van der Waals surface area contributed by atoms with Crippen LogP contribution in [0.2, 0.25) is 5.28 Å². The lowest BCUT2D eigenvalue weighted by molar-refractivity contribution is -0.384. The SMILES string of the molecule is COC(=O)C1(Nc2nc(Cl)ncc2[N+](=O)[O-])COC1. The highest BCUT2D eigenvalue weighted by molar-refractivity contribution is 6.28. The standard InChI is InChI=1S/C9H9ClN4O5/c1-18-7(15)9(3-19-4-9)13-6-5(14(16)17)2-11-8(10)12-6/h2H,3-4H2,1H3,(H,11,12,13). The molecule has 1 saturated heterocycles. The second-order valence-electron chi connectivity index (χ2n) is 3.82. The molecule has 19 heavy (non-hydrogen) atoms. The summed E-state index contributed by atoms with van der Waals surface area (Å²) >= 11 is 5.59. The van der Waals surface area contributed by atoms with Crippen LogP contribution >= 0.6 is 11.6 Å². The minimum Gasteiger partial charge on any atom is -0.467 e. The number of nitro groups is 1. The van der Waals surface area contributed by atoms with E-state index in [1.54, 1.807) is 0 Å². The molecule has 0 aliphatic carbocycles. The summed E-state index contributed by atoms with van der Waals surface area (Å²) < 4.78 is 9.59. The van der Waals surface area contributed by atoms with Crippen LogP contribution in [0.25, 0.3) is 0 Å². The Morgan fingerprint density at radius 1 is 1.68 bits per heavy atom. The highest BCUT2D eigenvalue weighted by atomic mass is 35.5. The summed E-state index contributed by atoms with van der Waals surface area (Å²) in [4.78, 5) is 29.1. The minimum absolute atomic E-state index is 0.0262. The lowest BCUT2D eigenvalue weighted by Gasteiger charge is -2.38. The number of rotatable bonds is 4. The lowest BCUT2D eigenvalue weighted by Crippen LogP contribution is -2.62. The van der Waals surface area contributed by atoms with Crippen LogP contribution in [0, 0.1) is 10.1 Å². The van der Waals surface area contributed by atoms with Gasteiger partial charge in [0.2, 0.25) is 11.1 Å². The Hall–Kier alpha value is -2.00. The average molecular weight is 289 g/mol. The van der Waals surface area contributed by atoms with Crippen LogP contribution in [-0.2, 0) is 14.3 Å². The molecule has 0 aromatic carbocycles. The van der Waals surface area contributed by atoms with Crippen molar-refractivity contribution in [3.63, 3.8) is 0 Å². The van der Waals surface area contributed by atoms with Gasteiger partial charge >= 0.3 is 11.7 Å². The maximum atomic E-state index is 11.7. The number of esters is 1. The zero-order chi connectivity index (χ0) is 14.0. The maximum absolute atomic E-state index is 11.7. The molecule has 1 aliphatic heterocycles. The number of hydrogen-bond acceptors (Lipinski definition) is 8. The molecular formula is C9H9ClN4O5. The van der Waals surface area contributed by atoms with Crippen molar-refractivity contribution in [1.29, 1.82) is 0 Å². The summed E-state index contributed by atoms with van der Waals surface area (Å²) in [6, 6.07) is 0. The van der Waals surface area contributed by atoms with E-state index in [0.717, 1.165) is 6.20 Å². The second-order valence-corrected chi connectivity index (χ2v) is 4.16. The third-order valence-corrected chi connectivity index (χ3v) is 2.75. The molecule has 2 rings (SSSR count). The zero-order valence-corrected chi connectivity index (χ0v) is 10.5. The molecular weight excluding hydrogens is 280 g/mol. The van der Waals surface area contributed by atoms with Gasteiger partial charge in [-0.25, -0.2) is 9.78 Å². The van der Waals surface area contributed by atoms with Crippen LogP contribution in [-0.4, -0.2) is 46.7 Å². The number of nitrogens with zero attached hydrogens (tertiary/aromatic N) is 3. The van der Waals surface area contributed by atoms with E-state index in [1.807, 2.05) is 0 Å². The molecule has 102 valence electrons. The van der Waals surface area contributed by atoms with Crippen LogP contribution in [0.15, 0.2) is 6.20 Å². The van der Waals surface area contributed by atoms with Crippen molar-refractivity contribution < 1.29 is 19.2 Å². The van der Waals surface area contributed by atoms with Gasteiger partial charge < -0.3 is 14.8 Å². The predicted molar refractivity (Wildman–Crippen MR) is 62.9 cm³/mol. The van der Waals surface area contributed by atoms with Crippen LogP contribution in [0.4, 0.5) is 11.5 Å². The van der Waals surface area contributed by atoms with E-state index in [2.05, 4.69) is 20.0 Å². The Kier molecular flexibility index (Phi) is 3.49. The minimum atomic E-state index is -1.18. The number of carbonyl (C=O) groups excluding carboxylic acids is 1. The first-order valence-corrected chi connectivity index (χ1v) is 5.47. The van der Waals surface area contributed by atoms with Gasteiger partial charge in [0.05, 0.1) is 25.2 Å². The molecule has 1 aliphatic rings. The Balaban J connectivity index is 2.34. The zero-order valence-electron chi connectivity index (χ0n) is 9.75. The number of methoxy groups -OCH3 is 1. The molecule has 0 spiro atoms. The summed E-state index contributed by atoms with van der Waals surface area (Å²) in [7, 11) is 1.21. The summed E-state index contributed by atoms with van der Waals surface area (Å²) in [5.74, 6) is -0.749. The number of hydrogen-bond donors (Lipinski definition) is 1. The first-order chi connectivity index (χ1) is 8.98. The Labute approximate surface area is 112 Å². The lowest BCUT2D eigenvalue weighted by atomic mass is 9.97. The third-order valence-electron chi connectivity index (χ3n) is 2.57. The normalized spacial score (nSPS) is 16.3. The Morgan fingerprint density at radius 3 is 2.84 bits per heavy atom. The van der Waals surface area contributed by atoms with Gasteiger partial charge in [0.15, 0.2) is 5.54 Å². The van der Waals surface area contributed by atoms with Gasteiger partial charge in [-0.2, -0.15) is 4.98 Å². The molecule has 2 heterocycles. The second kappa shape index (κ2) is 4.94. The first kappa shape index (κ1) is 13.4. The Morgan fingerprint density at radius 2 is 2.37 bits per heavy atom. The van der Waals surface area contributed by atoms with Gasteiger partial charge in [0, 0.05) is 0 Å². The number of carbonyl (C=O) groups is 1. The summed E-state index contributed by atoms with van der Waals surface area (Å²) in [6.07, 6.45) is 0.960. The Bertz CT molecular complexity index is 533. The van der Waals surface area contributed by atoms with Crippen molar-refractivity contribution in [3.8, 4) is 0 Å². The number of anilines is 1. The van der Waals surface area contributed by atoms with Crippen molar-refractivity contribution in [2.45, 2.75) is 5.54 Å². The van der Waals surface area contributed by atoms with Crippen LogP contribution in [0.5, 0.6) is 0 Å². The van der Waals surface area contributed by atoms with Crippen molar-refractivity contribution in [2.24, 2.45) is 0 Å². The number of halogens is 1. The van der Waals surface area contributed by atoms with Crippen molar-refractivity contribution >= 4 is 29.1 Å². The number of aromatic nitrogens is 2. The summed E-state index contributed by atoms with van der Waals surface area (Å²) in [5.41, 5.74) is -1.57. The van der Waals surface area contributed by atoms with Crippen molar-refractivity contribution in [3.05, 3.63) is 21.6 Å². The molecule has 0 unspecified atom stereocenters. The monoisotopic (exact) mass is 288 g/mol. The highest BCUT2D eigenvalue weighted by Gasteiger charge is 2.48. The highest BCUT2D eigenvalue weighted by Crippen LogP contribution is 2.29. The maximum Gasteiger partial charge on any atom is 0.336 e. The fraction of sp³-hybridized carbons (Fsp3) is 0.444. The van der Waals surface area contributed by atoms with Crippen molar-refractivity contribution in [1.82, 2.24) is 9.97 Å². The van der Waals surface area contributed by atoms with E-state index in [1.165, 1.54) is 7.11 Å². The first-order valence-electron chi connectivity index (χ1n) is 5.10. The van der Waals surface area contributed by atoms with Crippen LogP contribution in [0.1, 0.15) is 0 Å². The van der Waals surface area contributed by atoms with E-state index < -0.39 is 16.4 Å². The third kappa shape index (κ3) is 2.42. The molecule has 1 aromatic heterocycles. The van der Waals surface area contributed by atoms with Gasteiger partial charge in [-0.05, 0) is 11.6 Å². The molecule has 10 heteroatoms. The van der Waals surface area contributed by atoms with Gasteiger partial charge in [-0.3, -0.25) is 10.1 Å².